The monoisotopic (exact) mass is 295 g/mol. The summed E-state index contributed by atoms with van der Waals surface area (Å²) in [4.78, 5) is 0. The topological polar surface area (TPSA) is 21.3 Å². The Kier molecular flexibility index (Phi) is 5.11. The highest BCUT2D eigenvalue weighted by Gasteiger charge is 2.37. The molecule has 1 spiro atoms. The van der Waals surface area contributed by atoms with E-state index in [0.717, 1.165) is 12.6 Å². The van der Waals surface area contributed by atoms with Crippen molar-refractivity contribution in [1.29, 1.82) is 0 Å². The summed E-state index contributed by atoms with van der Waals surface area (Å²) in [6.07, 6.45) is 10.3. The van der Waals surface area contributed by atoms with Crippen LogP contribution in [0.5, 0.6) is 0 Å². The van der Waals surface area contributed by atoms with Gasteiger partial charge in [-0.05, 0) is 69.9 Å². The van der Waals surface area contributed by atoms with Crippen LogP contribution in [0.1, 0.15) is 58.3 Å². The second kappa shape index (κ2) is 6.85. The van der Waals surface area contributed by atoms with E-state index in [1.165, 1.54) is 69.4 Å². The molecule has 0 aromatic heterocycles. The van der Waals surface area contributed by atoms with Gasteiger partial charge in [0.2, 0.25) is 0 Å². The zero-order valence-corrected chi connectivity index (χ0v) is 13.7. The maximum Gasteiger partial charge on any atom is 0.0735 e. The highest BCUT2D eigenvalue weighted by molar-refractivity contribution is 7.99. The molecule has 0 amide bonds. The summed E-state index contributed by atoms with van der Waals surface area (Å²) < 4.78 is 6.21. The summed E-state index contributed by atoms with van der Waals surface area (Å²) in [6, 6.07) is 0.733. The van der Waals surface area contributed by atoms with Gasteiger partial charge in [-0.3, -0.25) is 0 Å². The van der Waals surface area contributed by atoms with Crippen molar-refractivity contribution in [1.82, 2.24) is 5.32 Å². The van der Waals surface area contributed by atoms with Crippen molar-refractivity contribution in [3.05, 3.63) is 11.1 Å². The number of hydrogen-bond acceptors (Lipinski definition) is 3. The van der Waals surface area contributed by atoms with Crippen molar-refractivity contribution in [2.75, 3.05) is 24.7 Å². The predicted octanol–water partition coefficient (Wildman–Crippen LogP) is 3.91. The first-order valence-corrected chi connectivity index (χ1v) is 9.55. The quantitative estimate of drug-likeness (QED) is 0.780. The molecular formula is C17H29NOS. The molecule has 1 N–H and O–H groups in total. The largest absolute Gasteiger partial charge is 0.374 e. The normalized spacial score (nSPS) is 33.1. The molecule has 3 heterocycles. The van der Waals surface area contributed by atoms with Gasteiger partial charge in [-0.25, -0.2) is 0 Å². The fraction of sp³-hybridized carbons (Fsp3) is 0.882. The summed E-state index contributed by atoms with van der Waals surface area (Å²) in [5.41, 5.74) is 3.58. The van der Waals surface area contributed by atoms with Crippen LogP contribution in [-0.4, -0.2) is 36.3 Å². The van der Waals surface area contributed by atoms with Crippen molar-refractivity contribution >= 4 is 11.8 Å². The van der Waals surface area contributed by atoms with Crippen molar-refractivity contribution < 1.29 is 4.74 Å². The number of ether oxygens (including phenoxy) is 1. The van der Waals surface area contributed by atoms with E-state index in [0.29, 0.717) is 0 Å². The lowest BCUT2D eigenvalue weighted by molar-refractivity contribution is -0.0668. The molecular weight excluding hydrogens is 266 g/mol. The maximum absolute atomic E-state index is 6.21. The predicted molar refractivity (Wildman–Crippen MR) is 87.4 cm³/mol. The van der Waals surface area contributed by atoms with Crippen LogP contribution >= 0.6 is 11.8 Å². The molecule has 3 fully saturated rings. The lowest BCUT2D eigenvalue weighted by Crippen LogP contribution is -2.41. The Bertz CT molecular complexity index is 348. The third-order valence-electron chi connectivity index (χ3n) is 5.32. The molecule has 0 saturated carbocycles. The van der Waals surface area contributed by atoms with Gasteiger partial charge in [0.05, 0.1) is 12.2 Å². The van der Waals surface area contributed by atoms with Crippen molar-refractivity contribution in [3.63, 3.8) is 0 Å². The third-order valence-corrected chi connectivity index (χ3v) is 6.31. The van der Waals surface area contributed by atoms with E-state index in [9.17, 15) is 0 Å². The van der Waals surface area contributed by atoms with Crippen LogP contribution in [0.15, 0.2) is 11.1 Å². The van der Waals surface area contributed by atoms with Gasteiger partial charge in [-0.15, -0.1) is 0 Å². The van der Waals surface area contributed by atoms with Gasteiger partial charge in [0.25, 0.3) is 0 Å². The number of nitrogens with one attached hydrogen (secondary N) is 1. The van der Waals surface area contributed by atoms with Crippen LogP contribution in [0.3, 0.4) is 0 Å². The Morgan fingerprint density at radius 3 is 2.95 bits per heavy atom. The van der Waals surface area contributed by atoms with E-state index in [4.69, 9.17) is 4.74 Å². The van der Waals surface area contributed by atoms with Crippen LogP contribution in [0, 0.1) is 0 Å². The Balaban J connectivity index is 1.63. The molecule has 0 aromatic carbocycles. The van der Waals surface area contributed by atoms with Gasteiger partial charge in [0, 0.05) is 6.04 Å². The summed E-state index contributed by atoms with van der Waals surface area (Å²) in [7, 11) is 0. The molecule has 1 atom stereocenters. The zero-order valence-electron chi connectivity index (χ0n) is 12.9. The number of thioether (sulfide) groups is 1. The highest BCUT2D eigenvalue weighted by Crippen LogP contribution is 2.40. The standard InChI is InChI=1S/C17H29NOS/c1-14(12-16-4-2-3-8-18-16)15-5-9-19-17(13-15)6-10-20-11-7-17/h16,18H,2-13H2,1H3. The lowest BCUT2D eigenvalue weighted by atomic mass is 9.82. The minimum atomic E-state index is 0.208. The van der Waals surface area contributed by atoms with Crippen LogP contribution in [-0.2, 0) is 4.74 Å². The Hall–Kier alpha value is 0.01000. The summed E-state index contributed by atoms with van der Waals surface area (Å²) in [6.45, 7) is 4.55. The van der Waals surface area contributed by atoms with Gasteiger partial charge < -0.3 is 10.1 Å². The maximum atomic E-state index is 6.21. The van der Waals surface area contributed by atoms with Crippen molar-refractivity contribution in [3.8, 4) is 0 Å². The smallest absolute Gasteiger partial charge is 0.0735 e. The first kappa shape index (κ1) is 14.9. The molecule has 3 rings (SSSR count). The molecule has 3 heteroatoms. The van der Waals surface area contributed by atoms with E-state index in [2.05, 4.69) is 24.0 Å². The molecule has 1 unspecified atom stereocenters. The highest BCUT2D eigenvalue weighted by atomic mass is 32.2. The molecule has 2 nitrogen and oxygen atoms in total. The van der Waals surface area contributed by atoms with E-state index in [1.807, 2.05) is 0 Å². The minimum Gasteiger partial charge on any atom is -0.374 e. The van der Waals surface area contributed by atoms with Crippen LogP contribution in [0.25, 0.3) is 0 Å². The lowest BCUT2D eigenvalue weighted by Gasteiger charge is -2.42. The van der Waals surface area contributed by atoms with E-state index in [1.54, 1.807) is 11.1 Å². The minimum absolute atomic E-state index is 0.208. The van der Waals surface area contributed by atoms with E-state index < -0.39 is 0 Å². The molecule has 3 aliphatic rings. The Morgan fingerprint density at radius 2 is 2.20 bits per heavy atom. The second-order valence-corrected chi connectivity index (χ2v) is 8.03. The molecule has 3 saturated heterocycles. The number of piperidine rings is 1. The fourth-order valence-electron chi connectivity index (χ4n) is 3.96. The van der Waals surface area contributed by atoms with Crippen LogP contribution in [0.2, 0.25) is 0 Å². The van der Waals surface area contributed by atoms with Crippen molar-refractivity contribution in [2.45, 2.75) is 69.9 Å². The summed E-state index contributed by atoms with van der Waals surface area (Å²) in [5.74, 6) is 2.58. The SMILES string of the molecule is CC(CC1CCCCN1)=C1CCOC2(CCSCC2)C1. The van der Waals surface area contributed by atoms with Crippen LogP contribution in [0.4, 0.5) is 0 Å². The van der Waals surface area contributed by atoms with E-state index >= 15 is 0 Å². The molecule has 0 radical (unpaired) electrons. The van der Waals surface area contributed by atoms with Gasteiger partial charge in [-0.1, -0.05) is 17.6 Å². The first-order valence-electron chi connectivity index (χ1n) is 8.40. The van der Waals surface area contributed by atoms with Gasteiger partial charge >= 0.3 is 0 Å². The molecule has 20 heavy (non-hydrogen) atoms. The molecule has 3 aliphatic heterocycles. The second-order valence-electron chi connectivity index (χ2n) is 6.81. The first-order chi connectivity index (χ1) is 9.77. The Labute approximate surface area is 128 Å². The Morgan fingerprint density at radius 1 is 1.35 bits per heavy atom. The van der Waals surface area contributed by atoms with E-state index in [-0.39, 0.29) is 5.60 Å². The average molecular weight is 295 g/mol. The van der Waals surface area contributed by atoms with Crippen LogP contribution < -0.4 is 5.32 Å². The molecule has 0 bridgehead atoms. The van der Waals surface area contributed by atoms with Gasteiger partial charge in [-0.2, -0.15) is 11.8 Å². The third kappa shape index (κ3) is 3.61. The number of rotatable bonds is 2. The van der Waals surface area contributed by atoms with Gasteiger partial charge in [0.1, 0.15) is 0 Å². The molecule has 0 aliphatic carbocycles. The fourth-order valence-corrected chi connectivity index (χ4v) is 5.20. The molecule has 114 valence electrons. The van der Waals surface area contributed by atoms with Gasteiger partial charge in [0.15, 0.2) is 0 Å². The molecule has 0 aromatic rings. The van der Waals surface area contributed by atoms with Crippen molar-refractivity contribution in [2.24, 2.45) is 0 Å². The number of hydrogen-bond donors (Lipinski definition) is 1. The average Bonchev–Trinajstić information content (AvgIpc) is 2.49. The summed E-state index contributed by atoms with van der Waals surface area (Å²) in [5, 5.41) is 3.69. The summed E-state index contributed by atoms with van der Waals surface area (Å²) >= 11 is 2.09. The zero-order chi connectivity index (χ0) is 13.8.